The van der Waals surface area contributed by atoms with Crippen LogP contribution in [0.5, 0.6) is 11.5 Å². The Morgan fingerprint density at radius 3 is 2.67 bits per heavy atom. The smallest absolute Gasteiger partial charge is 0.315 e. The zero-order chi connectivity index (χ0) is 28.1. The molecule has 1 amide bonds. The highest BCUT2D eigenvalue weighted by Crippen LogP contribution is 2.38. The van der Waals surface area contributed by atoms with Crippen LogP contribution in [-0.2, 0) is 9.53 Å². The van der Waals surface area contributed by atoms with Gasteiger partial charge in [-0.3, -0.25) is 19.7 Å². The van der Waals surface area contributed by atoms with Crippen LogP contribution < -0.4 is 15.0 Å². The van der Waals surface area contributed by atoms with Crippen molar-refractivity contribution < 1.29 is 23.9 Å². The molecule has 13 heteroatoms. The van der Waals surface area contributed by atoms with E-state index >= 15 is 0 Å². The fourth-order valence-corrected chi connectivity index (χ4v) is 4.40. The standard InChI is InChI=1S/C26H28BrN5O7/c1-4-38-22-12-17(11-21(32(35)36)24(22)39-15-23(33)30-7-9-37-10-8-30)14-28-31-25(16(2)3)29-20-6-5-18(27)13-19(20)26(31)34/h5-6,11-14,16H,4,7-10,15H2,1-3H3. The number of ether oxygens (including phenoxy) is 3. The molecule has 0 N–H and O–H groups in total. The molecule has 1 saturated heterocycles. The van der Waals surface area contributed by atoms with Crippen molar-refractivity contribution in [2.24, 2.45) is 5.10 Å². The predicted molar refractivity (Wildman–Crippen MR) is 148 cm³/mol. The number of hydrogen-bond acceptors (Lipinski definition) is 9. The second-order valence-electron chi connectivity index (χ2n) is 8.99. The molecule has 39 heavy (non-hydrogen) atoms. The highest BCUT2D eigenvalue weighted by atomic mass is 79.9. The summed E-state index contributed by atoms with van der Waals surface area (Å²) in [5.74, 6) is -0.0716. The van der Waals surface area contributed by atoms with E-state index in [9.17, 15) is 19.7 Å². The average Bonchev–Trinajstić information content (AvgIpc) is 2.92. The van der Waals surface area contributed by atoms with Gasteiger partial charge in [0.25, 0.3) is 11.5 Å². The number of nitrogens with zero attached hydrogens (tertiary/aromatic N) is 5. The Hall–Kier alpha value is -3.84. The molecule has 1 aromatic heterocycles. The molecule has 2 heterocycles. The van der Waals surface area contributed by atoms with Crippen molar-refractivity contribution in [2.75, 3.05) is 39.5 Å². The molecule has 1 aliphatic rings. The second-order valence-corrected chi connectivity index (χ2v) is 9.90. The van der Waals surface area contributed by atoms with Gasteiger partial charge >= 0.3 is 5.69 Å². The Kier molecular flexibility index (Phi) is 8.92. The SMILES string of the molecule is CCOc1cc(C=Nn2c(C(C)C)nc3ccc(Br)cc3c2=O)cc([N+](=O)[O-])c1OCC(=O)N1CCOCC1. The number of carbonyl (C=O) groups excluding carboxylic acids is 1. The van der Waals surface area contributed by atoms with E-state index in [1.807, 2.05) is 13.8 Å². The van der Waals surface area contributed by atoms with E-state index in [1.165, 1.54) is 23.0 Å². The van der Waals surface area contributed by atoms with Gasteiger partial charge in [-0.2, -0.15) is 9.78 Å². The zero-order valence-corrected chi connectivity index (χ0v) is 23.3. The summed E-state index contributed by atoms with van der Waals surface area (Å²) in [6.45, 7) is 7.02. The molecule has 206 valence electrons. The number of rotatable bonds is 9. The van der Waals surface area contributed by atoms with Gasteiger partial charge in [-0.15, -0.1) is 0 Å². The third-order valence-corrected chi connectivity index (χ3v) is 6.42. The summed E-state index contributed by atoms with van der Waals surface area (Å²) in [6, 6.07) is 7.99. The highest BCUT2D eigenvalue weighted by molar-refractivity contribution is 9.10. The third kappa shape index (κ3) is 6.42. The first-order valence-corrected chi connectivity index (χ1v) is 13.2. The fourth-order valence-electron chi connectivity index (χ4n) is 4.04. The Morgan fingerprint density at radius 1 is 1.26 bits per heavy atom. The largest absolute Gasteiger partial charge is 0.490 e. The van der Waals surface area contributed by atoms with E-state index in [0.717, 1.165) is 4.47 Å². The minimum absolute atomic E-state index is 0.0833. The molecule has 4 rings (SSSR count). The van der Waals surface area contributed by atoms with Gasteiger partial charge < -0.3 is 19.1 Å². The summed E-state index contributed by atoms with van der Waals surface area (Å²) >= 11 is 3.38. The first-order valence-electron chi connectivity index (χ1n) is 12.4. The van der Waals surface area contributed by atoms with Gasteiger partial charge in [0, 0.05) is 35.1 Å². The van der Waals surface area contributed by atoms with Gasteiger partial charge in [-0.05, 0) is 31.2 Å². The molecule has 0 saturated carbocycles. The molecule has 0 aliphatic carbocycles. The maximum Gasteiger partial charge on any atom is 0.315 e. The van der Waals surface area contributed by atoms with Crippen molar-refractivity contribution in [1.82, 2.24) is 14.6 Å². The van der Waals surface area contributed by atoms with Crippen LogP contribution in [0, 0.1) is 10.1 Å². The van der Waals surface area contributed by atoms with Crippen LogP contribution in [0.3, 0.4) is 0 Å². The Labute approximate surface area is 232 Å². The average molecular weight is 602 g/mol. The molecular weight excluding hydrogens is 574 g/mol. The molecule has 0 bridgehead atoms. The molecule has 1 aliphatic heterocycles. The third-order valence-electron chi connectivity index (χ3n) is 5.93. The van der Waals surface area contributed by atoms with Crippen molar-refractivity contribution in [3.05, 3.63) is 66.7 Å². The first-order chi connectivity index (χ1) is 18.7. The number of halogens is 1. The summed E-state index contributed by atoms with van der Waals surface area (Å²) in [5.41, 5.74) is 0.0743. The zero-order valence-electron chi connectivity index (χ0n) is 21.8. The summed E-state index contributed by atoms with van der Waals surface area (Å²) in [5, 5.41) is 16.7. The van der Waals surface area contributed by atoms with Crippen LogP contribution in [0.1, 0.15) is 38.1 Å². The van der Waals surface area contributed by atoms with E-state index < -0.39 is 10.6 Å². The molecule has 12 nitrogen and oxygen atoms in total. The second kappa shape index (κ2) is 12.3. The Bertz CT molecular complexity index is 1480. The van der Waals surface area contributed by atoms with Gasteiger partial charge in [-0.1, -0.05) is 29.8 Å². The fraction of sp³-hybridized carbons (Fsp3) is 0.385. The molecule has 0 unspecified atom stereocenters. The molecule has 0 atom stereocenters. The monoisotopic (exact) mass is 601 g/mol. The normalized spacial score (nSPS) is 13.8. The van der Waals surface area contributed by atoms with E-state index in [-0.39, 0.29) is 42.1 Å². The number of aromatic nitrogens is 2. The number of fused-ring (bicyclic) bond motifs is 1. The van der Waals surface area contributed by atoms with E-state index in [0.29, 0.717) is 48.6 Å². The highest BCUT2D eigenvalue weighted by Gasteiger charge is 2.25. The number of benzene rings is 2. The topological polar surface area (TPSA) is 138 Å². The van der Waals surface area contributed by atoms with Gasteiger partial charge in [-0.25, -0.2) is 4.98 Å². The lowest BCUT2D eigenvalue weighted by Gasteiger charge is -2.26. The van der Waals surface area contributed by atoms with Crippen LogP contribution in [0.2, 0.25) is 0 Å². The van der Waals surface area contributed by atoms with Crippen molar-refractivity contribution in [2.45, 2.75) is 26.7 Å². The summed E-state index contributed by atoms with van der Waals surface area (Å²) in [4.78, 5) is 43.4. The molecule has 1 fully saturated rings. The molecule has 2 aromatic carbocycles. The summed E-state index contributed by atoms with van der Waals surface area (Å²) in [6.07, 6.45) is 1.33. The number of morpholine rings is 1. The van der Waals surface area contributed by atoms with Crippen molar-refractivity contribution in [3.63, 3.8) is 0 Å². The predicted octanol–water partition coefficient (Wildman–Crippen LogP) is 3.71. The number of hydrogen-bond donors (Lipinski definition) is 0. The lowest BCUT2D eigenvalue weighted by molar-refractivity contribution is -0.385. The Morgan fingerprint density at radius 2 is 2.00 bits per heavy atom. The van der Waals surface area contributed by atoms with Gasteiger partial charge in [0.05, 0.1) is 41.9 Å². The van der Waals surface area contributed by atoms with Crippen LogP contribution >= 0.6 is 15.9 Å². The number of amides is 1. The van der Waals surface area contributed by atoms with E-state index in [1.54, 1.807) is 30.0 Å². The van der Waals surface area contributed by atoms with Crippen molar-refractivity contribution >= 4 is 44.6 Å². The van der Waals surface area contributed by atoms with Gasteiger partial charge in [0.2, 0.25) is 5.75 Å². The molecular formula is C26H28BrN5O7. The van der Waals surface area contributed by atoms with E-state index in [4.69, 9.17) is 14.2 Å². The molecule has 0 spiro atoms. The Balaban J connectivity index is 1.71. The van der Waals surface area contributed by atoms with Gasteiger partial charge in [0.15, 0.2) is 12.4 Å². The number of nitro groups is 1. The number of nitro benzene ring substituents is 1. The molecule has 3 aromatic rings. The van der Waals surface area contributed by atoms with Crippen LogP contribution in [0.4, 0.5) is 5.69 Å². The van der Waals surface area contributed by atoms with Crippen molar-refractivity contribution in [1.29, 1.82) is 0 Å². The van der Waals surface area contributed by atoms with Crippen molar-refractivity contribution in [3.8, 4) is 11.5 Å². The lowest BCUT2D eigenvalue weighted by atomic mass is 10.1. The minimum Gasteiger partial charge on any atom is -0.490 e. The van der Waals surface area contributed by atoms with Crippen LogP contribution in [0.25, 0.3) is 10.9 Å². The maximum absolute atomic E-state index is 13.3. The quantitative estimate of drug-likeness (QED) is 0.205. The van der Waals surface area contributed by atoms with E-state index in [2.05, 4.69) is 26.0 Å². The van der Waals surface area contributed by atoms with Crippen LogP contribution in [0.15, 0.2) is 44.7 Å². The minimum atomic E-state index is -0.616. The number of carbonyl (C=O) groups is 1. The summed E-state index contributed by atoms with van der Waals surface area (Å²) < 4.78 is 18.4. The van der Waals surface area contributed by atoms with Gasteiger partial charge in [0.1, 0.15) is 5.82 Å². The maximum atomic E-state index is 13.3. The first kappa shape index (κ1) is 28.2. The van der Waals surface area contributed by atoms with Crippen LogP contribution in [-0.4, -0.2) is 71.1 Å². The summed E-state index contributed by atoms with van der Waals surface area (Å²) in [7, 11) is 0. The molecule has 0 radical (unpaired) electrons. The lowest BCUT2D eigenvalue weighted by Crippen LogP contribution is -2.43.